The number of nitrogens with zero attached hydrogens (tertiary/aromatic N) is 1. The van der Waals surface area contributed by atoms with E-state index in [2.05, 4.69) is 20.8 Å². The predicted octanol–water partition coefficient (Wildman–Crippen LogP) is 5.32. The van der Waals surface area contributed by atoms with E-state index in [1.807, 2.05) is 18.2 Å². The van der Waals surface area contributed by atoms with E-state index in [0.29, 0.717) is 0 Å². The van der Waals surface area contributed by atoms with Crippen molar-refractivity contribution in [2.24, 2.45) is 4.99 Å². The molecule has 0 heterocycles. The molecule has 88 valence electrons. The number of hydrogen-bond acceptors (Lipinski definition) is 1. The zero-order valence-corrected chi connectivity index (χ0v) is 11.1. The van der Waals surface area contributed by atoms with Crippen LogP contribution in [0, 0.1) is 6.92 Å². The van der Waals surface area contributed by atoms with Crippen LogP contribution in [-0.4, -0.2) is 5.71 Å². The number of benzene rings is 1. The lowest BCUT2D eigenvalue weighted by molar-refractivity contribution is 0.826. The monoisotopic (exact) mass is 237 g/mol. The third kappa shape index (κ3) is 3.97. The maximum absolute atomic E-state index is 5.92. The summed E-state index contributed by atoms with van der Waals surface area (Å²) in [7, 11) is 0. The molecule has 1 aromatic carbocycles. The molecule has 0 N–H and O–H groups in total. The number of rotatable bonds is 5. The van der Waals surface area contributed by atoms with Crippen molar-refractivity contribution in [1.82, 2.24) is 0 Å². The first-order chi connectivity index (χ1) is 7.67. The fraction of sp³-hybridized carbons (Fsp3) is 0.500. The van der Waals surface area contributed by atoms with Crippen LogP contribution in [0.1, 0.15) is 45.1 Å². The summed E-state index contributed by atoms with van der Waals surface area (Å²) in [5.41, 5.74) is 3.49. The Hall–Kier alpha value is -0.820. The van der Waals surface area contributed by atoms with Gasteiger partial charge in [-0.1, -0.05) is 31.9 Å². The number of hydrogen-bond donors (Lipinski definition) is 0. The third-order valence-electron chi connectivity index (χ3n) is 2.66. The van der Waals surface area contributed by atoms with Crippen molar-refractivity contribution < 1.29 is 0 Å². The van der Waals surface area contributed by atoms with Gasteiger partial charge in [-0.05, 0) is 49.9 Å². The quantitative estimate of drug-likeness (QED) is 0.615. The molecule has 0 spiro atoms. The second kappa shape index (κ2) is 6.70. The number of aryl methyl sites for hydroxylation is 1. The molecule has 0 aromatic heterocycles. The molecule has 0 atom stereocenters. The molecule has 0 radical (unpaired) electrons. The van der Waals surface area contributed by atoms with Crippen molar-refractivity contribution >= 4 is 23.0 Å². The van der Waals surface area contributed by atoms with Gasteiger partial charge in [0.15, 0.2) is 0 Å². The van der Waals surface area contributed by atoms with E-state index in [4.69, 9.17) is 16.6 Å². The van der Waals surface area contributed by atoms with Gasteiger partial charge in [0, 0.05) is 10.7 Å². The summed E-state index contributed by atoms with van der Waals surface area (Å²) in [5.74, 6) is 0. The maximum atomic E-state index is 5.92. The van der Waals surface area contributed by atoms with Crippen LogP contribution < -0.4 is 0 Å². The second-order valence-corrected chi connectivity index (χ2v) is 4.50. The van der Waals surface area contributed by atoms with Gasteiger partial charge in [-0.15, -0.1) is 0 Å². The van der Waals surface area contributed by atoms with Gasteiger partial charge in [-0.25, -0.2) is 0 Å². The van der Waals surface area contributed by atoms with Crippen molar-refractivity contribution in [2.75, 3.05) is 0 Å². The molecule has 0 aliphatic heterocycles. The Bertz CT molecular complexity index is 369. The fourth-order valence-corrected chi connectivity index (χ4v) is 1.83. The van der Waals surface area contributed by atoms with E-state index in [1.165, 1.54) is 18.6 Å². The van der Waals surface area contributed by atoms with Gasteiger partial charge in [0.2, 0.25) is 0 Å². The molecule has 16 heavy (non-hydrogen) atoms. The Morgan fingerprint density at radius 2 is 2.06 bits per heavy atom. The third-order valence-corrected chi connectivity index (χ3v) is 2.90. The van der Waals surface area contributed by atoms with Gasteiger partial charge in [-0.3, -0.25) is 4.99 Å². The molecule has 0 unspecified atom stereocenters. The summed E-state index contributed by atoms with van der Waals surface area (Å²) in [6, 6.07) is 5.87. The molecule has 0 saturated heterocycles. The van der Waals surface area contributed by atoms with Crippen LogP contribution in [0.5, 0.6) is 0 Å². The zero-order chi connectivity index (χ0) is 12.0. The topological polar surface area (TPSA) is 12.4 Å². The summed E-state index contributed by atoms with van der Waals surface area (Å²) in [6.07, 6.45) is 4.58. The van der Waals surface area contributed by atoms with Crippen molar-refractivity contribution in [2.45, 2.75) is 46.5 Å². The van der Waals surface area contributed by atoms with Crippen molar-refractivity contribution in [3.63, 3.8) is 0 Å². The van der Waals surface area contributed by atoms with Gasteiger partial charge < -0.3 is 0 Å². The zero-order valence-electron chi connectivity index (χ0n) is 10.4. The Balaban J connectivity index is 2.86. The van der Waals surface area contributed by atoms with E-state index in [-0.39, 0.29) is 0 Å². The smallest absolute Gasteiger partial charge is 0.0659 e. The first kappa shape index (κ1) is 13.2. The summed E-state index contributed by atoms with van der Waals surface area (Å²) in [6.45, 7) is 6.43. The van der Waals surface area contributed by atoms with Gasteiger partial charge >= 0.3 is 0 Å². The summed E-state index contributed by atoms with van der Waals surface area (Å²) >= 11 is 5.92. The second-order valence-electron chi connectivity index (χ2n) is 4.07. The molecule has 2 heteroatoms. The molecule has 0 saturated carbocycles. The van der Waals surface area contributed by atoms with E-state index in [1.54, 1.807) is 0 Å². The standard InChI is InChI=1S/C14H20ClN/c1-4-6-7-13(5-2)16-14-9-8-12(15)10-11(14)3/h8-10H,4-7H2,1-3H3. The Labute approximate surface area is 104 Å². The minimum absolute atomic E-state index is 0.781. The highest BCUT2D eigenvalue weighted by Crippen LogP contribution is 2.23. The average Bonchev–Trinajstić information content (AvgIpc) is 2.27. The Kier molecular flexibility index (Phi) is 5.54. The lowest BCUT2D eigenvalue weighted by atomic mass is 10.1. The molecule has 1 aromatic rings. The normalized spacial score (nSPS) is 11.9. The minimum Gasteiger partial charge on any atom is -0.258 e. The lowest BCUT2D eigenvalue weighted by Gasteiger charge is -2.05. The van der Waals surface area contributed by atoms with Crippen LogP contribution in [0.4, 0.5) is 5.69 Å². The van der Waals surface area contributed by atoms with E-state index in [0.717, 1.165) is 29.1 Å². The average molecular weight is 238 g/mol. The highest BCUT2D eigenvalue weighted by molar-refractivity contribution is 6.30. The Morgan fingerprint density at radius 1 is 1.31 bits per heavy atom. The SMILES string of the molecule is CCCCC(CC)=Nc1ccc(Cl)cc1C. The largest absolute Gasteiger partial charge is 0.258 e. The number of halogens is 1. The first-order valence-corrected chi connectivity index (χ1v) is 6.37. The molecule has 0 fully saturated rings. The highest BCUT2D eigenvalue weighted by atomic mass is 35.5. The van der Waals surface area contributed by atoms with Crippen LogP contribution in [0.25, 0.3) is 0 Å². The molecule has 1 rings (SSSR count). The minimum atomic E-state index is 0.781. The molecule has 1 nitrogen and oxygen atoms in total. The highest BCUT2D eigenvalue weighted by Gasteiger charge is 2.00. The lowest BCUT2D eigenvalue weighted by Crippen LogP contribution is -1.95. The fourth-order valence-electron chi connectivity index (χ4n) is 1.61. The van der Waals surface area contributed by atoms with Gasteiger partial charge in [0.1, 0.15) is 0 Å². The van der Waals surface area contributed by atoms with Gasteiger partial charge in [0.05, 0.1) is 5.69 Å². The molecular weight excluding hydrogens is 218 g/mol. The van der Waals surface area contributed by atoms with Crippen molar-refractivity contribution in [3.8, 4) is 0 Å². The van der Waals surface area contributed by atoms with E-state index < -0.39 is 0 Å². The summed E-state index contributed by atoms with van der Waals surface area (Å²) < 4.78 is 0. The van der Waals surface area contributed by atoms with Gasteiger partial charge in [0.25, 0.3) is 0 Å². The molecule has 0 bridgehead atoms. The van der Waals surface area contributed by atoms with Gasteiger partial charge in [-0.2, -0.15) is 0 Å². The van der Waals surface area contributed by atoms with E-state index >= 15 is 0 Å². The molecule has 0 amide bonds. The molecule has 0 aliphatic rings. The number of aliphatic imine (C=N–C) groups is 1. The first-order valence-electron chi connectivity index (χ1n) is 6.00. The molecule has 0 aliphatic carbocycles. The summed E-state index contributed by atoms with van der Waals surface area (Å²) in [5, 5.41) is 0.781. The molecular formula is C14H20ClN. The van der Waals surface area contributed by atoms with Crippen molar-refractivity contribution in [3.05, 3.63) is 28.8 Å². The maximum Gasteiger partial charge on any atom is 0.0659 e. The van der Waals surface area contributed by atoms with Crippen LogP contribution in [0.3, 0.4) is 0 Å². The van der Waals surface area contributed by atoms with Crippen LogP contribution in [-0.2, 0) is 0 Å². The van der Waals surface area contributed by atoms with Crippen molar-refractivity contribution in [1.29, 1.82) is 0 Å². The van der Waals surface area contributed by atoms with Crippen LogP contribution in [0.15, 0.2) is 23.2 Å². The predicted molar refractivity (Wildman–Crippen MR) is 73.1 cm³/mol. The van der Waals surface area contributed by atoms with Crippen LogP contribution >= 0.6 is 11.6 Å². The summed E-state index contributed by atoms with van der Waals surface area (Å²) in [4.78, 5) is 4.71. The number of unbranched alkanes of at least 4 members (excludes halogenated alkanes) is 1. The van der Waals surface area contributed by atoms with E-state index in [9.17, 15) is 0 Å². The van der Waals surface area contributed by atoms with Crippen LogP contribution in [0.2, 0.25) is 5.02 Å². The Morgan fingerprint density at radius 3 is 2.62 bits per heavy atom.